The predicted octanol–water partition coefficient (Wildman–Crippen LogP) is 3.72. The molecule has 3 N–H and O–H groups in total. The second kappa shape index (κ2) is 10.7. The highest BCUT2D eigenvalue weighted by atomic mass is 32.1. The number of likely N-dealkylation sites (N-methyl/N-ethyl adjacent to an activating group) is 1. The molecule has 0 saturated carbocycles. The molecule has 0 unspecified atom stereocenters. The zero-order valence-corrected chi connectivity index (χ0v) is 18.4. The van der Waals surface area contributed by atoms with E-state index in [1.165, 1.54) is 0 Å². The normalized spacial score (nSPS) is 10.7. The van der Waals surface area contributed by atoms with Gasteiger partial charge in [0.15, 0.2) is 0 Å². The van der Waals surface area contributed by atoms with Crippen molar-refractivity contribution in [3.05, 3.63) is 77.2 Å². The van der Waals surface area contributed by atoms with E-state index in [4.69, 9.17) is 10.6 Å². The molecule has 0 saturated heterocycles. The number of nitrogens with one attached hydrogen (secondary N) is 1. The molecule has 1 heterocycles. The summed E-state index contributed by atoms with van der Waals surface area (Å²) in [4.78, 5) is 27.6. The Bertz CT molecular complexity index is 1000. The standard InChI is InChI=1S/C23H26N4O3S/c1-26(2)12-13-30-23(29)25-16-17-8-10-18(11-9-17)22(28)27(24)20-6-3-5-19(15-20)21-7-4-14-31-21/h3-11,14-15H,12-13,16,24H2,1-2H3,(H,25,29). The van der Waals surface area contributed by atoms with Crippen LogP contribution in [0.5, 0.6) is 0 Å². The number of carbonyl (C=O) groups is 2. The minimum atomic E-state index is -0.472. The van der Waals surface area contributed by atoms with Crippen molar-refractivity contribution in [2.24, 2.45) is 5.84 Å². The van der Waals surface area contributed by atoms with Crippen LogP contribution in [0.25, 0.3) is 10.4 Å². The van der Waals surface area contributed by atoms with Gasteiger partial charge in [0.25, 0.3) is 5.91 Å². The summed E-state index contributed by atoms with van der Waals surface area (Å²) in [6.45, 7) is 1.30. The van der Waals surface area contributed by atoms with E-state index in [2.05, 4.69) is 5.32 Å². The molecule has 8 heteroatoms. The molecule has 0 aliphatic rings. The summed E-state index contributed by atoms with van der Waals surface area (Å²) < 4.78 is 5.09. The van der Waals surface area contributed by atoms with Gasteiger partial charge in [-0.2, -0.15) is 0 Å². The number of benzene rings is 2. The molecule has 3 aromatic rings. The van der Waals surface area contributed by atoms with Crippen LogP contribution in [0.1, 0.15) is 15.9 Å². The predicted molar refractivity (Wildman–Crippen MR) is 124 cm³/mol. The van der Waals surface area contributed by atoms with E-state index in [9.17, 15) is 9.59 Å². The minimum absolute atomic E-state index is 0.310. The summed E-state index contributed by atoms with van der Waals surface area (Å²) >= 11 is 1.63. The molecule has 0 radical (unpaired) electrons. The highest BCUT2D eigenvalue weighted by molar-refractivity contribution is 7.13. The molecule has 1 aromatic heterocycles. The summed E-state index contributed by atoms with van der Waals surface area (Å²) in [6.07, 6.45) is -0.472. The number of nitrogens with zero attached hydrogens (tertiary/aromatic N) is 2. The summed E-state index contributed by atoms with van der Waals surface area (Å²) in [5, 5.41) is 5.84. The number of amides is 2. The van der Waals surface area contributed by atoms with Crippen LogP contribution in [-0.2, 0) is 11.3 Å². The lowest BCUT2D eigenvalue weighted by Gasteiger charge is -2.18. The second-order valence-electron chi connectivity index (χ2n) is 7.19. The SMILES string of the molecule is CN(C)CCOC(=O)NCc1ccc(C(=O)N(N)c2cccc(-c3cccs3)c2)cc1. The van der Waals surface area contributed by atoms with Crippen molar-refractivity contribution in [2.75, 3.05) is 32.3 Å². The van der Waals surface area contributed by atoms with E-state index in [1.807, 2.05) is 54.7 Å². The van der Waals surface area contributed by atoms with E-state index in [1.54, 1.807) is 41.7 Å². The van der Waals surface area contributed by atoms with Gasteiger partial charge < -0.3 is 15.0 Å². The van der Waals surface area contributed by atoms with Crippen LogP contribution in [0.15, 0.2) is 66.0 Å². The first-order chi connectivity index (χ1) is 14.9. The Labute approximate surface area is 186 Å². The van der Waals surface area contributed by atoms with Crippen molar-refractivity contribution in [2.45, 2.75) is 6.54 Å². The maximum absolute atomic E-state index is 12.8. The molecule has 2 amide bonds. The third-order valence-electron chi connectivity index (χ3n) is 4.56. The highest BCUT2D eigenvalue weighted by Crippen LogP contribution is 2.28. The average Bonchev–Trinajstić information content (AvgIpc) is 3.32. The fraction of sp³-hybridized carbons (Fsp3) is 0.217. The first-order valence-corrected chi connectivity index (χ1v) is 10.7. The largest absolute Gasteiger partial charge is 0.448 e. The smallest absolute Gasteiger partial charge is 0.407 e. The third-order valence-corrected chi connectivity index (χ3v) is 5.48. The van der Waals surface area contributed by atoms with Crippen molar-refractivity contribution >= 4 is 29.0 Å². The fourth-order valence-corrected chi connectivity index (χ4v) is 3.54. The first kappa shape index (κ1) is 22.5. The van der Waals surface area contributed by atoms with Gasteiger partial charge in [-0.3, -0.25) is 4.79 Å². The van der Waals surface area contributed by atoms with Crippen molar-refractivity contribution in [1.82, 2.24) is 10.2 Å². The molecule has 31 heavy (non-hydrogen) atoms. The zero-order chi connectivity index (χ0) is 22.2. The van der Waals surface area contributed by atoms with Crippen molar-refractivity contribution in [1.29, 1.82) is 0 Å². The second-order valence-corrected chi connectivity index (χ2v) is 8.14. The molecule has 0 atom stereocenters. The Morgan fingerprint density at radius 1 is 1.06 bits per heavy atom. The Morgan fingerprint density at radius 2 is 1.84 bits per heavy atom. The number of alkyl carbamates (subject to hydrolysis) is 1. The molecule has 0 aliphatic heterocycles. The lowest BCUT2D eigenvalue weighted by molar-refractivity contribution is 0.0986. The number of nitrogens with two attached hydrogens (primary N) is 1. The van der Waals surface area contributed by atoms with Gasteiger partial charge in [-0.15, -0.1) is 11.3 Å². The molecule has 7 nitrogen and oxygen atoms in total. The van der Waals surface area contributed by atoms with Crippen LogP contribution in [0.4, 0.5) is 10.5 Å². The monoisotopic (exact) mass is 438 g/mol. The Hall–Kier alpha value is -3.20. The lowest BCUT2D eigenvalue weighted by atomic mass is 10.1. The van der Waals surface area contributed by atoms with Crippen LogP contribution >= 0.6 is 11.3 Å². The number of thiophene rings is 1. The van der Waals surface area contributed by atoms with Gasteiger partial charge in [0.2, 0.25) is 0 Å². The van der Waals surface area contributed by atoms with E-state index in [0.29, 0.717) is 30.9 Å². The minimum Gasteiger partial charge on any atom is -0.448 e. The maximum Gasteiger partial charge on any atom is 0.407 e. The van der Waals surface area contributed by atoms with Crippen LogP contribution in [0.2, 0.25) is 0 Å². The topological polar surface area (TPSA) is 87.9 Å². The number of hydrogen-bond donors (Lipinski definition) is 2. The quantitative estimate of drug-likeness (QED) is 0.318. The average molecular weight is 439 g/mol. The Morgan fingerprint density at radius 3 is 2.52 bits per heavy atom. The van der Waals surface area contributed by atoms with Crippen molar-refractivity contribution in [3.63, 3.8) is 0 Å². The zero-order valence-electron chi connectivity index (χ0n) is 17.6. The number of carbonyl (C=O) groups excluding carboxylic acids is 2. The number of hydrogen-bond acceptors (Lipinski definition) is 6. The van der Waals surface area contributed by atoms with Gasteiger partial charge in [-0.1, -0.05) is 30.3 Å². The maximum atomic E-state index is 12.8. The van der Waals surface area contributed by atoms with Gasteiger partial charge in [0, 0.05) is 23.5 Å². The summed E-state index contributed by atoms with van der Waals surface area (Å²) in [7, 11) is 3.82. The Kier molecular flexibility index (Phi) is 7.77. The van der Waals surface area contributed by atoms with Gasteiger partial charge in [-0.25, -0.2) is 15.6 Å². The fourth-order valence-electron chi connectivity index (χ4n) is 2.82. The highest BCUT2D eigenvalue weighted by Gasteiger charge is 2.15. The Balaban J connectivity index is 1.57. The van der Waals surface area contributed by atoms with Crippen LogP contribution in [-0.4, -0.2) is 44.1 Å². The van der Waals surface area contributed by atoms with E-state index in [0.717, 1.165) is 21.0 Å². The number of anilines is 1. The third kappa shape index (κ3) is 6.39. The molecular formula is C23H26N4O3S. The van der Waals surface area contributed by atoms with E-state index in [-0.39, 0.29) is 5.91 Å². The summed E-state index contributed by atoms with van der Waals surface area (Å²) in [5.41, 5.74) is 2.93. The molecule has 0 bridgehead atoms. The van der Waals surface area contributed by atoms with Gasteiger partial charge in [-0.05, 0) is 60.9 Å². The molecule has 0 aliphatic carbocycles. The number of ether oxygens (including phenoxy) is 1. The summed E-state index contributed by atoms with van der Waals surface area (Å²) in [5.74, 6) is 5.79. The van der Waals surface area contributed by atoms with E-state index < -0.39 is 6.09 Å². The molecule has 0 fully saturated rings. The van der Waals surface area contributed by atoms with Gasteiger partial charge in [0.1, 0.15) is 6.61 Å². The summed E-state index contributed by atoms with van der Waals surface area (Å²) in [6, 6.07) is 18.5. The molecule has 162 valence electrons. The lowest BCUT2D eigenvalue weighted by Crippen LogP contribution is -2.37. The first-order valence-electron chi connectivity index (χ1n) is 9.81. The number of hydrazine groups is 1. The molecule has 0 spiro atoms. The molecule has 2 aromatic carbocycles. The van der Waals surface area contributed by atoms with Crippen LogP contribution in [0, 0.1) is 0 Å². The van der Waals surface area contributed by atoms with E-state index >= 15 is 0 Å². The molecule has 3 rings (SSSR count). The van der Waals surface area contributed by atoms with Crippen LogP contribution in [0.3, 0.4) is 0 Å². The van der Waals surface area contributed by atoms with Gasteiger partial charge in [0.05, 0.1) is 5.69 Å². The van der Waals surface area contributed by atoms with Crippen molar-refractivity contribution < 1.29 is 14.3 Å². The molecular weight excluding hydrogens is 412 g/mol. The van der Waals surface area contributed by atoms with Crippen LogP contribution < -0.4 is 16.2 Å². The van der Waals surface area contributed by atoms with Gasteiger partial charge >= 0.3 is 6.09 Å². The van der Waals surface area contributed by atoms with Crippen molar-refractivity contribution in [3.8, 4) is 10.4 Å². The number of rotatable bonds is 8.